The zero-order valence-electron chi connectivity index (χ0n) is 15.3. The molecule has 0 spiro atoms. The molecule has 0 saturated carbocycles. The van der Waals surface area contributed by atoms with Crippen molar-refractivity contribution >= 4 is 23.6 Å². The van der Waals surface area contributed by atoms with E-state index in [-0.39, 0.29) is 17.6 Å². The molecule has 0 saturated heterocycles. The molecular formula is C20H24N2O3S. The Morgan fingerprint density at radius 3 is 2.54 bits per heavy atom. The van der Waals surface area contributed by atoms with Gasteiger partial charge in [-0.3, -0.25) is 9.59 Å². The van der Waals surface area contributed by atoms with Crippen LogP contribution in [-0.2, 0) is 16.1 Å². The lowest BCUT2D eigenvalue weighted by molar-refractivity contribution is -0.138. The molecule has 2 rings (SSSR count). The second-order valence-electron chi connectivity index (χ2n) is 5.77. The average Bonchev–Trinajstić information content (AvgIpc) is 2.70. The van der Waals surface area contributed by atoms with Crippen molar-refractivity contribution in [3.63, 3.8) is 0 Å². The second kappa shape index (κ2) is 9.87. The molecule has 2 aromatic rings. The van der Waals surface area contributed by atoms with E-state index < -0.39 is 6.04 Å². The molecule has 5 nitrogen and oxygen atoms in total. The molecule has 0 aliphatic rings. The largest absolute Gasteiger partial charge is 0.497 e. The highest BCUT2D eigenvalue weighted by Gasteiger charge is 2.25. The van der Waals surface area contributed by atoms with Crippen LogP contribution in [0.2, 0.25) is 0 Å². The molecule has 0 fully saturated rings. The number of nitrogens with zero attached hydrogens (tertiary/aromatic N) is 1. The number of amides is 2. The van der Waals surface area contributed by atoms with Gasteiger partial charge in [0.2, 0.25) is 11.8 Å². The van der Waals surface area contributed by atoms with Crippen molar-refractivity contribution in [1.29, 1.82) is 0 Å². The minimum absolute atomic E-state index is 0.0854. The van der Waals surface area contributed by atoms with Crippen LogP contribution in [0.1, 0.15) is 12.5 Å². The maximum Gasteiger partial charge on any atom is 0.242 e. The summed E-state index contributed by atoms with van der Waals surface area (Å²) in [5, 5.41) is 2.62. The lowest BCUT2D eigenvalue weighted by atomic mass is 10.1. The third-order valence-electron chi connectivity index (χ3n) is 4.01. The predicted octanol–water partition coefficient (Wildman–Crippen LogP) is 2.95. The molecule has 26 heavy (non-hydrogen) atoms. The van der Waals surface area contributed by atoms with Gasteiger partial charge in [0.15, 0.2) is 0 Å². The first kappa shape index (κ1) is 19.8. The SMILES string of the molecule is CNC(=O)[C@H](C)N(Cc1cccc(OC)c1)C(=O)CSc1ccccc1. The Bertz CT molecular complexity index is 737. The molecule has 0 aliphatic carbocycles. The van der Waals surface area contributed by atoms with Gasteiger partial charge in [0.1, 0.15) is 11.8 Å². The molecule has 2 aromatic carbocycles. The molecule has 0 radical (unpaired) electrons. The summed E-state index contributed by atoms with van der Waals surface area (Å²) in [5.74, 6) is 0.722. The summed E-state index contributed by atoms with van der Waals surface area (Å²) in [5.41, 5.74) is 0.915. The van der Waals surface area contributed by atoms with Gasteiger partial charge in [0.25, 0.3) is 0 Å². The van der Waals surface area contributed by atoms with Gasteiger partial charge in [-0.15, -0.1) is 11.8 Å². The van der Waals surface area contributed by atoms with Crippen LogP contribution in [0, 0.1) is 0 Å². The summed E-state index contributed by atoms with van der Waals surface area (Å²) >= 11 is 1.46. The van der Waals surface area contributed by atoms with Gasteiger partial charge in [-0.05, 0) is 36.8 Å². The minimum atomic E-state index is -0.560. The fraction of sp³-hybridized carbons (Fsp3) is 0.300. The van der Waals surface area contributed by atoms with E-state index in [1.165, 1.54) is 11.8 Å². The Morgan fingerprint density at radius 2 is 1.88 bits per heavy atom. The topological polar surface area (TPSA) is 58.6 Å². The molecule has 1 N–H and O–H groups in total. The van der Waals surface area contributed by atoms with Crippen LogP contribution in [-0.4, -0.2) is 42.7 Å². The van der Waals surface area contributed by atoms with Crippen LogP contribution >= 0.6 is 11.8 Å². The van der Waals surface area contributed by atoms with Crippen molar-refractivity contribution in [3.8, 4) is 5.75 Å². The quantitative estimate of drug-likeness (QED) is 0.724. The molecule has 0 aliphatic heterocycles. The molecule has 0 bridgehead atoms. The first-order valence-corrected chi connectivity index (χ1v) is 9.35. The molecule has 1 atom stereocenters. The fourth-order valence-corrected chi connectivity index (χ4v) is 3.31. The van der Waals surface area contributed by atoms with E-state index in [0.29, 0.717) is 6.54 Å². The van der Waals surface area contributed by atoms with E-state index in [0.717, 1.165) is 16.2 Å². The molecule has 0 unspecified atom stereocenters. The van der Waals surface area contributed by atoms with Gasteiger partial charge in [-0.25, -0.2) is 0 Å². The van der Waals surface area contributed by atoms with Crippen molar-refractivity contribution in [3.05, 3.63) is 60.2 Å². The number of rotatable bonds is 8. The van der Waals surface area contributed by atoms with Gasteiger partial charge in [0, 0.05) is 18.5 Å². The zero-order valence-corrected chi connectivity index (χ0v) is 16.1. The van der Waals surface area contributed by atoms with Crippen molar-refractivity contribution in [2.24, 2.45) is 0 Å². The van der Waals surface area contributed by atoms with Crippen LogP contribution in [0.3, 0.4) is 0 Å². The first-order valence-electron chi connectivity index (χ1n) is 8.37. The van der Waals surface area contributed by atoms with Gasteiger partial charge >= 0.3 is 0 Å². The predicted molar refractivity (Wildman–Crippen MR) is 104 cm³/mol. The number of likely N-dealkylation sites (N-methyl/N-ethyl adjacent to an activating group) is 1. The molecule has 0 heterocycles. The Hall–Kier alpha value is -2.47. The fourth-order valence-electron chi connectivity index (χ4n) is 2.50. The maximum absolute atomic E-state index is 12.8. The van der Waals surface area contributed by atoms with Crippen molar-refractivity contribution in [1.82, 2.24) is 10.2 Å². The highest BCUT2D eigenvalue weighted by molar-refractivity contribution is 8.00. The van der Waals surface area contributed by atoms with Crippen LogP contribution in [0.4, 0.5) is 0 Å². The zero-order chi connectivity index (χ0) is 18.9. The monoisotopic (exact) mass is 372 g/mol. The number of carbonyl (C=O) groups is 2. The maximum atomic E-state index is 12.8. The molecule has 138 valence electrons. The number of hydrogen-bond acceptors (Lipinski definition) is 4. The van der Waals surface area contributed by atoms with Crippen LogP contribution in [0.5, 0.6) is 5.75 Å². The van der Waals surface area contributed by atoms with Gasteiger partial charge < -0.3 is 15.0 Å². The number of hydrogen-bond donors (Lipinski definition) is 1. The van der Waals surface area contributed by atoms with E-state index >= 15 is 0 Å². The number of carbonyl (C=O) groups excluding carboxylic acids is 2. The lowest BCUT2D eigenvalue weighted by Gasteiger charge is -2.28. The van der Waals surface area contributed by atoms with Crippen LogP contribution in [0.25, 0.3) is 0 Å². The van der Waals surface area contributed by atoms with Gasteiger partial charge in [-0.1, -0.05) is 30.3 Å². The number of thioether (sulfide) groups is 1. The average molecular weight is 372 g/mol. The van der Waals surface area contributed by atoms with Gasteiger partial charge in [0.05, 0.1) is 12.9 Å². The summed E-state index contributed by atoms with van der Waals surface area (Å²) in [6.45, 7) is 2.09. The molecule has 0 aromatic heterocycles. The Kier molecular flexibility index (Phi) is 7.53. The van der Waals surface area contributed by atoms with Crippen molar-refractivity contribution in [2.45, 2.75) is 24.4 Å². The number of nitrogens with one attached hydrogen (secondary N) is 1. The third-order valence-corrected chi connectivity index (χ3v) is 5.00. The van der Waals surface area contributed by atoms with E-state index in [1.807, 2.05) is 54.6 Å². The van der Waals surface area contributed by atoms with E-state index in [1.54, 1.807) is 26.0 Å². The van der Waals surface area contributed by atoms with Crippen LogP contribution in [0.15, 0.2) is 59.5 Å². The highest BCUT2D eigenvalue weighted by atomic mass is 32.2. The van der Waals surface area contributed by atoms with E-state index in [9.17, 15) is 9.59 Å². The molecule has 6 heteroatoms. The van der Waals surface area contributed by atoms with E-state index in [4.69, 9.17) is 4.74 Å². The standard InChI is InChI=1S/C20H24N2O3S/c1-15(20(24)21-2)22(13-16-8-7-9-17(12-16)25-3)19(23)14-26-18-10-5-4-6-11-18/h4-12,15H,13-14H2,1-3H3,(H,21,24)/t15-/m0/s1. The molecular weight excluding hydrogens is 348 g/mol. The van der Waals surface area contributed by atoms with E-state index in [2.05, 4.69) is 5.32 Å². The van der Waals surface area contributed by atoms with Crippen molar-refractivity contribution < 1.29 is 14.3 Å². The summed E-state index contributed by atoms with van der Waals surface area (Å²) in [6, 6.07) is 16.7. The number of methoxy groups -OCH3 is 1. The lowest BCUT2D eigenvalue weighted by Crippen LogP contribution is -2.47. The summed E-state index contributed by atoms with van der Waals surface area (Å²) in [4.78, 5) is 27.6. The summed E-state index contributed by atoms with van der Waals surface area (Å²) in [7, 11) is 3.18. The van der Waals surface area contributed by atoms with Crippen molar-refractivity contribution in [2.75, 3.05) is 19.9 Å². The third kappa shape index (κ3) is 5.52. The van der Waals surface area contributed by atoms with Crippen LogP contribution < -0.4 is 10.1 Å². The Labute approximate surface area is 158 Å². The highest BCUT2D eigenvalue weighted by Crippen LogP contribution is 2.20. The Balaban J connectivity index is 2.14. The first-order chi connectivity index (χ1) is 12.5. The normalized spacial score (nSPS) is 11.5. The van der Waals surface area contributed by atoms with Gasteiger partial charge in [-0.2, -0.15) is 0 Å². The number of ether oxygens (including phenoxy) is 1. The minimum Gasteiger partial charge on any atom is -0.497 e. The molecule has 2 amide bonds. The smallest absolute Gasteiger partial charge is 0.242 e. The summed E-state index contributed by atoms with van der Waals surface area (Å²) < 4.78 is 5.24. The summed E-state index contributed by atoms with van der Waals surface area (Å²) in [6.07, 6.45) is 0. The Morgan fingerprint density at radius 1 is 1.15 bits per heavy atom. The number of benzene rings is 2. The second-order valence-corrected chi connectivity index (χ2v) is 6.81.